The third-order valence-corrected chi connectivity index (χ3v) is 2.23. The lowest BCUT2D eigenvalue weighted by Gasteiger charge is -1.99. The summed E-state index contributed by atoms with van der Waals surface area (Å²) < 4.78 is 27.8. The molecule has 0 amide bonds. The molecule has 0 saturated carbocycles. The van der Waals surface area contributed by atoms with Crippen LogP contribution < -0.4 is 5.73 Å². The first-order chi connectivity index (χ1) is 7.70. The molecule has 1 aromatic carbocycles. The number of nitrogens with two attached hydrogens (primary N) is 1. The molecule has 0 aliphatic carbocycles. The van der Waals surface area contributed by atoms with Gasteiger partial charge in [-0.05, 0) is 12.1 Å². The predicted molar refractivity (Wildman–Crippen MR) is 63.9 cm³/mol. The smallest absolute Gasteiger partial charge is 0.134 e. The maximum absolute atomic E-state index is 13.4. The lowest BCUT2D eigenvalue weighted by Crippen LogP contribution is -2.09. The minimum Gasteiger partial charge on any atom is -0.329 e. The Morgan fingerprint density at radius 1 is 1.29 bits per heavy atom. The van der Waals surface area contributed by atoms with Gasteiger partial charge in [-0.15, -0.1) is 12.4 Å². The SMILES string of the molecule is Cl.NCCn1cc(-c2ccc(F)cc2F)cn1. The Morgan fingerprint density at radius 3 is 2.71 bits per heavy atom. The van der Waals surface area contributed by atoms with E-state index < -0.39 is 11.6 Å². The summed E-state index contributed by atoms with van der Waals surface area (Å²) in [4.78, 5) is 0. The minimum atomic E-state index is -0.590. The zero-order valence-electron chi connectivity index (χ0n) is 8.94. The molecule has 0 bridgehead atoms. The zero-order chi connectivity index (χ0) is 11.5. The molecule has 0 saturated heterocycles. The standard InChI is InChI=1S/C11H11F2N3.ClH/c12-9-1-2-10(11(13)5-9)8-6-15-16(7-8)4-3-14;/h1-2,5-7H,3-4,14H2;1H. The highest BCUT2D eigenvalue weighted by Crippen LogP contribution is 2.22. The molecular weight excluding hydrogens is 248 g/mol. The summed E-state index contributed by atoms with van der Waals surface area (Å²) in [6.07, 6.45) is 3.22. The summed E-state index contributed by atoms with van der Waals surface area (Å²) in [5, 5.41) is 4.02. The van der Waals surface area contributed by atoms with Crippen LogP contribution in [0.15, 0.2) is 30.6 Å². The Bertz CT molecular complexity index is 499. The van der Waals surface area contributed by atoms with Crippen LogP contribution in [-0.4, -0.2) is 16.3 Å². The molecule has 3 nitrogen and oxygen atoms in total. The van der Waals surface area contributed by atoms with Gasteiger partial charge in [-0.2, -0.15) is 5.10 Å². The van der Waals surface area contributed by atoms with E-state index in [0.717, 1.165) is 6.07 Å². The number of nitrogens with zero attached hydrogens (tertiary/aromatic N) is 2. The van der Waals surface area contributed by atoms with Gasteiger partial charge in [0.25, 0.3) is 0 Å². The Morgan fingerprint density at radius 2 is 2.06 bits per heavy atom. The van der Waals surface area contributed by atoms with Crippen LogP contribution in [0.2, 0.25) is 0 Å². The first-order valence-corrected chi connectivity index (χ1v) is 4.88. The number of benzene rings is 1. The maximum atomic E-state index is 13.4. The molecular formula is C11H12ClF2N3. The summed E-state index contributed by atoms with van der Waals surface area (Å²) >= 11 is 0. The Hall–Kier alpha value is -1.46. The van der Waals surface area contributed by atoms with Crippen molar-refractivity contribution in [2.45, 2.75) is 6.54 Å². The molecule has 92 valence electrons. The van der Waals surface area contributed by atoms with Crippen molar-refractivity contribution in [1.82, 2.24) is 9.78 Å². The third-order valence-electron chi connectivity index (χ3n) is 2.23. The number of halogens is 3. The molecule has 2 N–H and O–H groups in total. The van der Waals surface area contributed by atoms with Gasteiger partial charge in [-0.25, -0.2) is 8.78 Å². The first kappa shape index (κ1) is 13.6. The van der Waals surface area contributed by atoms with Crippen LogP contribution in [-0.2, 0) is 6.54 Å². The van der Waals surface area contributed by atoms with E-state index in [9.17, 15) is 8.78 Å². The van der Waals surface area contributed by atoms with Crippen molar-refractivity contribution in [2.24, 2.45) is 5.73 Å². The first-order valence-electron chi connectivity index (χ1n) is 4.88. The summed E-state index contributed by atoms with van der Waals surface area (Å²) in [6.45, 7) is 1.04. The molecule has 0 aliphatic rings. The van der Waals surface area contributed by atoms with Gasteiger partial charge in [0.15, 0.2) is 0 Å². The van der Waals surface area contributed by atoms with Gasteiger partial charge in [0.2, 0.25) is 0 Å². The van der Waals surface area contributed by atoms with E-state index in [-0.39, 0.29) is 12.4 Å². The molecule has 0 spiro atoms. The third kappa shape index (κ3) is 3.01. The van der Waals surface area contributed by atoms with Crippen molar-refractivity contribution in [3.63, 3.8) is 0 Å². The van der Waals surface area contributed by atoms with Gasteiger partial charge in [-0.3, -0.25) is 4.68 Å². The fourth-order valence-corrected chi connectivity index (χ4v) is 1.48. The van der Waals surface area contributed by atoms with Crippen LogP contribution in [0.4, 0.5) is 8.78 Å². The summed E-state index contributed by atoms with van der Waals surface area (Å²) in [5.74, 6) is -1.18. The van der Waals surface area contributed by atoms with E-state index in [1.165, 1.54) is 18.3 Å². The number of hydrogen-bond donors (Lipinski definition) is 1. The number of hydrogen-bond acceptors (Lipinski definition) is 2. The Kier molecular flexibility index (Phi) is 4.60. The van der Waals surface area contributed by atoms with Gasteiger partial charge in [0.05, 0.1) is 12.7 Å². The molecule has 0 fully saturated rings. The quantitative estimate of drug-likeness (QED) is 0.918. The zero-order valence-corrected chi connectivity index (χ0v) is 9.75. The van der Waals surface area contributed by atoms with Crippen LogP contribution in [0.3, 0.4) is 0 Å². The average molecular weight is 260 g/mol. The highest BCUT2D eigenvalue weighted by molar-refractivity contribution is 5.85. The highest BCUT2D eigenvalue weighted by atomic mass is 35.5. The second-order valence-electron chi connectivity index (χ2n) is 3.40. The molecule has 17 heavy (non-hydrogen) atoms. The molecule has 0 atom stereocenters. The second-order valence-corrected chi connectivity index (χ2v) is 3.40. The molecule has 0 radical (unpaired) electrons. The van der Waals surface area contributed by atoms with Gasteiger partial charge in [-0.1, -0.05) is 0 Å². The van der Waals surface area contributed by atoms with E-state index in [4.69, 9.17) is 5.73 Å². The maximum Gasteiger partial charge on any atom is 0.134 e. The normalized spacial score (nSPS) is 10.1. The molecule has 0 aliphatic heterocycles. The van der Waals surface area contributed by atoms with E-state index in [0.29, 0.717) is 24.2 Å². The van der Waals surface area contributed by atoms with Crippen LogP contribution in [0, 0.1) is 11.6 Å². The summed E-state index contributed by atoms with van der Waals surface area (Å²) in [5.41, 5.74) is 6.33. The molecule has 1 aromatic heterocycles. The van der Waals surface area contributed by atoms with Gasteiger partial charge in [0.1, 0.15) is 11.6 Å². The van der Waals surface area contributed by atoms with Crippen LogP contribution in [0.5, 0.6) is 0 Å². The average Bonchev–Trinajstić information content (AvgIpc) is 2.67. The van der Waals surface area contributed by atoms with Crippen molar-refractivity contribution < 1.29 is 8.78 Å². The molecule has 1 heterocycles. The van der Waals surface area contributed by atoms with Crippen molar-refractivity contribution in [3.8, 4) is 11.1 Å². The van der Waals surface area contributed by atoms with Gasteiger partial charge < -0.3 is 5.73 Å². The molecule has 2 rings (SSSR count). The van der Waals surface area contributed by atoms with Crippen molar-refractivity contribution in [1.29, 1.82) is 0 Å². The van der Waals surface area contributed by atoms with Gasteiger partial charge >= 0.3 is 0 Å². The van der Waals surface area contributed by atoms with Crippen molar-refractivity contribution in [2.75, 3.05) is 6.54 Å². The number of rotatable bonds is 3. The fraction of sp³-hybridized carbons (Fsp3) is 0.182. The largest absolute Gasteiger partial charge is 0.329 e. The summed E-state index contributed by atoms with van der Waals surface area (Å²) in [7, 11) is 0. The minimum absolute atomic E-state index is 0. The van der Waals surface area contributed by atoms with Crippen LogP contribution in [0.25, 0.3) is 11.1 Å². The Labute approximate surface area is 104 Å². The van der Waals surface area contributed by atoms with E-state index >= 15 is 0 Å². The second kappa shape index (κ2) is 5.75. The summed E-state index contributed by atoms with van der Waals surface area (Å²) in [6, 6.07) is 3.47. The van der Waals surface area contributed by atoms with Gasteiger partial charge in [0, 0.05) is 29.9 Å². The molecule has 0 unspecified atom stereocenters. The molecule has 2 aromatic rings. The van der Waals surface area contributed by atoms with Crippen LogP contribution in [0.1, 0.15) is 0 Å². The van der Waals surface area contributed by atoms with Crippen LogP contribution >= 0.6 is 12.4 Å². The van der Waals surface area contributed by atoms with Crippen molar-refractivity contribution >= 4 is 12.4 Å². The fourth-order valence-electron chi connectivity index (χ4n) is 1.48. The lowest BCUT2D eigenvalue weighted by molar-refractivity contribution is 0.585. The topological polar surface area (TPSA) is 43.8 Å². The van der Waals surface area contributed by atoms with E-state index in [1.54, 1.807) is 10.9 Å². The predicted octanol–water partition coefficient (Wildman–Crippen LogP) is 2.21. The highest BCUT2D eigenvalue weighted by Gasteiger charge is 2.08. The monoisotopic (exact) mass is 259 g/mol. The lowest BCUT2D eigenvalue weighted by atomic mass is 10.1. The molecule has 6 heteroatoms. The van der Waals surface area contributed by atoms with E-state index in [1.807, 2.05) is 0 Å². The van der Waals surface area contributed by atoms with Crippen molar-refractivity contribution in [3.05, 3.63) is 42.2 Å². The number of aromatic nitrogens is 2. The Balaban J connectivity index is 0.00000144. The van der Waals surface area contributed by atoms with E-state index in [2.05, 4.69) is 5.10 Å².